The Morgan fingerprint density at radius 1 is 1.00 bits per heavy atom. The number of carboxylic acids is 1. The Morgan fingerprint density at radius 2 is 1.67 bits per heavy atom. The van der Waals surface area contributed by atoms with Crippen molar-refractivity contribution in [3.8, 4) is 5.75 Å². The summed E-state index contributed by atoms with van der Waals surface area (Å²) in [6, 6.07) is 17.1. The summed E-state index contributed by atoms with van der Waals surface area (Å²) in [4.78, 5) is 11.3. The first-order valence-electron chi connectivity index (χ1n) is 5.80. The van der Waals surface area contributed by atoms with E-state index in [0.29, 0.717) is 5.75 Å². The highest BCUT2D eigenvalue weighted by Gasteiger charge is 2.39. The molecule has 2 atom stereocenters. The van der Waals surface area contributed by atoms with Crippen LogP contribution in [-0.4, -0.2) is 17.2 Å². The Hall–Kier alpha value is -2.29. The van der Waals surface area contributed by atoms with Gasteiger partial charge in [0.25, 0.3) is 0 Å². The van der Waals surface area contributed by atoms with Crippen molar-refractivity contribution in [3.63, 3.8) is 0 Å². The molecule has 0 aliphatic carbocycles. The molecule has 0 bridgehead atoms. The second kappa shape index (κ2) is 4.18. The quantitative estimate of drug-likeness (QED) is 0.877. The van der Waals surface area contributed by atoms with Crippen LogP contribution in [0, 0.1) is 0 Å². The van der Waals surface area contributed by atoms with Gasteiger partial charge >= 0.3 is 5.97 Å². The summed E-state index contributed by atoms with van der Waals surface area (Å²) in [5.41, 5.74) is 1.91. The number of benzene rings is 2. The second-order valence-corrected chi connectivity index (χ2v) is 4.30. The molecule has 0 unspecified atom stereocenters. The third-order valence-electron chi connectivity index (χ3n) is 3.21. The predicted octanol–water partition coefficient (Wildman–Crippen LogP) is 2.66. The van der Waals surface area contributed by atoms with Crippen LogP contribution in [0.15, 0.2) is 54.6 Å². The molecule has 2 aromatic rings. The largest absolute Gasteiger partial charge is 0.478 e. The lowest BCUT2D eigenvalue weighted by Gasteiger charge is -2.15. The summed E-state index contributed by atoms with van der Waals surface area (Å²) < 4.78 is 5.54. The van der Waals surface area contributed by atoms with Gasteiger partial charge in [-0.05, 0) is 11.6 Å². The van der Waals surface area contributed by atoms with Crippen LogP contribution < -0.4 is 4.74 Å². The number of carbonyl (C=O) groups is 1. The molecule has 18 heavy (non-hydrogen) atoms. The maximum atomic E-state index is 11.3. The van der Waals surface area contributed by atoms with Crippen LogP contribution in [0.2, 0.25) is 0 Å². The number of hydrogen-bond donors (Lipinski definition) is 1. The highest BCUT2D eigenvalue weighted by atomic mass is 16.5. The third kappa shape index (κ3) is 1.64. The van der Waals surface area contributed by atoms with E-state index in [0.717, 1.165) is 11.1 Å². The van der Waals surface area contributed by atoms with E-state index in [-0.39, 0.29) is 5.92 Å². The van der Waals surface area contributed by atoms with Gasteiger partial charge < -0.3 is 9.84 Å². The van der Waals surface area contributed by atoms with Crippen molar-refractivity contribution in [2.75, 3.05) is 0 Å². The fourth-order valence-electron chi connectivity index (χ4n) is 2.42. The monoisotopic (exact) mass is 240 g/mol. The lowest BCUT2D eigenvalue weighted by molar-refractivity contribution is -0.144. The van der Waals surface area contributed by atoms with Gasteiger partial charge in [-0.3, -0.25) is 0 Å². The molecule has 1 heterocycles. The number of aliphatic carboxylic acids is 1. The third-order valence-corrected chi connectivity index (χ3v) is 3.21. The number of hydrogen-bond acceptors (Lipinski definition) is 2. The van der Waals surface area contributed by atoms with E-state index in [2.05, 4.69) is 0 Å². The average Bonchev–Trinajstić information content (AvgIpc) is 2.79. The predicted molar refractivity (Wildman–Crippen MR) is 66.8 cm³/mol. The van der Waals surface area contributed by atoms with Gasteiger partial charge in [0.05, 0.1) is 5.92 Å². The van der Waals surface area contributed by atoms with Crippen LogP contribution in [0.4, 0.5) is 0 Å². The molecular formula is C15H12O3. The Bertz CT molecular complexity index is 577. The van der Waals surface area contributed by atoms with Crippen LogP contribution in [0.25, 0.3) is 0 Å². The van der Waals surface area contributed by atoms with E-state index in [1.165, 1.54) is 0 Å². The lowest BCUT2D eigenvalue weighted by Crippen LogP contribution is -2.29. The summed E-state index contributed by atoms with van der Waals surface area (Å²) in [5, 5.41) is 9.29. The SMILES string of the molecule is O=C(O)[C@H]1Oc2ccccc2[C@H]1c1ccccc1. The standard InChI is InChI=1S/C15H12O3/c16-15(17)14-13(10-6-2-1-3-7-10)11-8-4-5-9-12(11)18-14/h1-9,13-14H,(H,16,17)/t13-,14+/m1/s1. The Balaban J connectivity index is 2.11. The van der Waals surface area contributed by atoms with Crippen molar-refractivity contribution < 1.29 is 14.6 Å². The summed E-state index contributed by atoms with van der Waals surface area (Å²) in [5.74, 6) is -0.501. The smallest absolute Gasteiger partial charge is 0.345 e. The summed E-state index contributed by atoms with van der Waals surface area (Å²) in [7, 11) is 0. The van der Waals surface area contributed by atoms with Crippen molar-refractivity contribution in [2.24, 2.45) is 0 Å². The molecule has 1 aliphatic heterocycles. The van der Waals surface area contributed by atoms with E-state index in [4.69, 9.17) is 4.74 Å². The van der Waals surface area contributed by atoms with Crippen molar-refractivity contribution >= 4 is 5.97 Å². The average molecular weight is 240 g/mol. The number of carboxylic acid groups (broad SMARTS) is 1. The van der Waals surface area contributed by atoms with E-state index in [1.54, 1.807) is 0 Å². The molecular weight excluding hydrogens is 228 g/mol. The maximum Gasteiger partial charge on any atom is 0.345 e. The molecule has 0 aromatic heterocycles. The van der Waals surface area contributed by atoms with Gasteiger partial charge in [-0.15, -0.1) is 0 Å². The first kappa shape index (κ1) is 10.8. The van der Waals surface area contributed by atoms with E-state index >= 15 is 0 Å². The number of fused-ring (bicyclic) bond motifs is 1. The maximum absolute atomic E-state index is 11.3. The van der Waals surface area contributed by atoms with Crippen LogP contribution in [-0.2, 0) is 4.79 Å². The van der Waals surface area contributed by atoms with E-state index < -0.39 is 12.1 Å². The molecule has 3 heteroatoms. The number of para-hydroxylation sites is 1. The van der Waals surface area contributed by atoms with Crippen molar-refractivity contribution in [1.29, 1.82) is 0 Å². The second-order valence-electron chi connectivity index (χ2n) is 4.30. The van der Waals surface area contributed by atoms with Crippen LogP contribution in [0.5, 0.6) is 5.75 Å². The Labute approximate surface area is 105 Å². The molecule has 0 amide bonds. The van der Waals surface area contributed by atoms with E-state index in [9.17, 15) is 9.90 Å². The molecule has 3 nitrogen and oxygen atoms in total. The Morgan fingerprint density at radius 3 is 2.39 bits per heavy atom. The van der Waals surface area contributed by atoms with Crippen LogP contribution >= 0.6 is 0 Å². The topological polar surface area (TPSA) is 46.5 Å². The summed E-state index contributed by atoms with van der Waals surface area (Å²) in [6.07, 6.45) is -0.843. The van der Waals surface area contributed by atoms with Crippen molar-refractivity contribution in [3.05, 3.63) is 65.7 Å². The zero-order valence-electron chi connectivity index (χ0n) is 9.61. The zero-order chi connectivity index (χ0) is 12.5. The normalized spacial score (nSPS) is 21.1. The van der Waals surface area contributed by atoms with Gasteiger partial charge in [-0.25, -0.2) is 4.79 Å². The molecule has 0 fully saturated rings. The van der Waals surface area contributed by atoms with Crippen molar-refractivity contribution in [2.45, 2.75) is 12.0 Å². The number of rotatable bonds is 2. The van der Waals surface area contributed by atoms with Crippen LogP contribution in [0.1, 0.15) is 17.0 Å². The first-order chi connectivity index (χ1) is 8.77. The fraction of sp³-hybridized carbons (Fsp3) is 0.133. The van der Waals surface area contributed by atoms with Crippen LogP contribution in [0.3, 0.4) is 0 Å². The van der Waals surface area contributed by atoms with E-state index in [1.807, 2.05) is 54.6 Å². The molecule has 1 N–H and O–H groups in total. The van der Waals surface area contributed by atoms with Gasteiger partial charge in [0.15, 0.2) is 0 Å². The lowest BCUT2D eigenvalue weighted by atomic mass is 9.88. The fourth-order valence-corrected chi connectivity index (χ4v) is 2.42. The molecule has 0 spiro atoms. The van der Waals surface area contributed by atoms with Crippen molar-refractivity contribution in [1.82, 2.24) is 0 Å². The van der Waals surface area contributed by atoms with Gasteiger partial charge in [0.1, 0.15) is 5.75 Å². The van der Waals surface area contributed by atoms with Gasteiger partial charge in [-0.1, -0.05) is 48.5 Å². The number of ether oxygens (including phenoxy) is 1. The first-order valence-corrected chi connectivity index (χ1v) is 5.80. The van der Waals surface area contributed by atoms with Gasteiger partial charge in [0.2, 0.25) is 6.10 Å². The molecule has 90 valence electrons. The minimum atomic E-state index is -0.931. The molecule has 3 rings (SSSR count). The highest BCUT2D eigenvalue weighted by molar-refractivity contribution is 5.77. The molecule has 0 saturated heterocycles. The molecule has 1 aliphatic rings. The molecule has 0 saturated carbocycles. The highest BCUT2D eigenvalue weighted by Crippen LogP contribution is 2.42. The minimum absolute atomic E-state index is 0.236. The minimum Gasteiger partial charge on any atom is -0.478 e. The Kier molecular flexibility index (Phi) is 2.52. The molecule has 2 aromatic carbocycles. The zero-order valence-corrected chi connectivity index (χ0v) is 9.61. The summed E-state index contributed by atoms with van der Waals surface area (Å²) in [6.45, 7) is 0. The van der Waals surface area contributed by atoms with Gasteiger partial charge in [-0.2, -0.15) is 0 Å². The summed E-state index contributed by atoms with van der Waals surface area (Å²) >= 11 is 0. The molecule has 0 radical (unpaired) electrons. The van der Waals surface area contributed by atoms with Gasteiger partial charge in [0, 0.05) is 5.56 Å².